The van der Waals surface area contributed by atoms with E-state index in [9.17, 15) is 9.18 Å². The van der Waals surface area contributed by atoms with Crippen LogP contribution in [0.5, 0.6) is 0 Å². The lowest BCUT2D eigenvalue weighted by molar-refractivity contribution is 0.0987. The zero-order valence-corrected chi connectivity index (χ0v) is 12.0. The molecule has 0 fully saturated rings. The number of para-hydroxylation sites is 1. The number of carbonyl (C=O) groups excluding carboxylic acids is 1. The lowest BCUT2D eigenvalue weighted by atomic mass is 10.2. The Labute approximate surface area is 122 Å². The number of hydrogen-bond donors (Lipinski definition) is 0. The molecule has 0 aliphatic heterocycles. The van der Waals surface area contributed by atoms with Gasteiger partial charge in [0.2, 0.25) is 0 Å². The zero-order chi connectivity index (χ0) is 14.7. The van der Waals surface area contributed by atoms with Crippen LogP contribution in [0.3, 0.4) is 0 Å². The van der Waals surface area contributed by atoms with Crippen LogP contribution in [0, 0.1) is 12.7 Å². The standard InChI is InChI=1S/C15H14ClFN2O/c1-3-19(14-7-5-4-6-13(14)17)15(20)11-9-18-10(2)8-12(11)16/h4-9H,3H2,1-2H3. The fraction of sp³-hybridized carbons (Fsp3) is 0.200. The molecule has 1 aromatic carbocycles. The monoisotopic (exact) mass is 292 g/mol. The topological polar surface area (TPSA) is 33.2 Å². The van der Waals surface area contributed by atoms with Gasteiger partial charge in [0.05, 0.1) is 16.3 Å². The molecular weight excluding hydrogens is 279 g/mol. The molecule has 2 rings (SSSR count). The molecule has 0 aliphatic rings. The second kappa shape index (κ2) is 6.01. The van der Waals surface area contributed by atoms with Crippen molar-refractivity contribution >= 4 is 23.2 Å². The number of rotatable bonds is 3. The first-order valence-corrected chi connectivity index (χ1v) is 6.61. The molecule has 0 N–H and O–H groups in total. The van der Waals surface area contributed by atoms with Gasteiger partial charge in [-0.25, -0.2) is 4.39 Å². The molecule has 0 radical (unpaired) electrons. The summed E-state index contributed by atoms with van der Waals surface area (Å²) in [6, 6.07) is 7.76. The van der Waals surface area contributed by atoms with Gasteiger partial charge in [0.1, 0.15) is 5.82 Å². The predicted molar refractivity (Wildman–Crippen MR) is 77.7 cm³/mol. The van der Waals surface area contributed by atoms with Crippen molar-refractivity contribution in [3.05, 3.63) is 58.6 Å². The summed E-state index contributed by atoms with van der Waals surface area (Å²) in [6.07, 6.45) is 1.42. The predicted octanol–water partition coefficient (Wildman–Crippen LogP) is 3.85. The van der Waals surface area contributed by atoms with Gasteiger partial charge >= 0.3 is 0 Å². The van der Waals surface area contributed by atoms with Crippen molar-refractivity contribution in [3.8, 4) is 0 Å². The minimum Gasteiger partial charge on any atom is -0.306 e. The van der Waals surface area contributed by atoms with Crippen LogP contribution in [-0.4, -0.2) is 17.4 Å². The Bertz CT molecular complexity index is 646. The van der Waals surface area contributed by atoms with Gasteiger partial charge in [-0.1, -0.05) is 23.7 Å². The van der Waals surface area contributed by atoms with Crippen molar-refractivity contribution in [2.24, 2.45) is 0 Å². The average molecular weight is 293 g/mol. The number of nitrogens with zero attached hydrogens (tertiary/aromatic N) is 2. The maximum absolute atomic E-state index is 13.8. The first-order valence-electron chi connectivity index (χ1n) is 6.23. The van der Waals surface area contributed by atoms with Crippen LogP contribution in [0.2, 0.25) is 5.02 Å². The van der Waals surface area contributed by atoms with Crippen LogP contribution in [0.1, 0.15) is 23.0 Å². The Morgan fingerprint density at radius 3 is 2.70 bits per heavy atom. The second-order valence-corrected chi connectivity index (χ2v) is 4.71. The third-order valence-corrected chi connectivity index (χ3v) is 3.24. The molecule has 1 aromatic heterocycles. The highest BCUT2D eigenvalue weighted by atomic mass is 35.5. The molecule has 104 valence electrons. The van der Waals surface area contributed by atoms with E-state index in [1.54, 1.807) is 38.1 Å². The van der Waals surface area contributed by atoms with Gasteiger partial charge in [-0.05, 0) is 32.0 Å². The lowest BCUT2D eigenvalue weighted by Gasteiger charge is -2.22. The molecule has 0 aliphatic carbocycles. The molecule has 1 amide bonds. The molecule has 0 unspecified atom stereocenters. The van der Waals surface area contributed by atoms with Crippen molar-refractivity contribution < 1.29 is 9.18 Å². The van der Waals surface area contributed by atoms with Crippen molar-refractivity contribution in [2.45, 2.75) is 13.8 Å². The summed E-state index contributed by atoms with van der Waals surface area (Å²) in [4.78, 5) is 17.9. The number of halogens is 2. The van der Waals surface area contributed by atoms with Gasteiger partial charge in [-0.2, -0.15) is 0 Å². The number of anilines is 1. The maximum atomic E-state index is 13.8. The minimum atomic E-state index is -0.445. The minimum absolute atomic E-state index is 0.233. The number of carbonyl (C=O) groups is 1. The molecule has 0 saturated heterocycles. The maximum Gasteiger partial charge on any atom is 0.261 e. The first-order chi connectivity index (χ1) is 9.54. The van der Waals surface area contributed by atoms with Crippen molar-refractivity contribution in [3.63, 3.8) is 0 Å². The summed E-state index contributed by atoms with van der Waals surface area (Å²) in [5.41, 5.74) is 1.22. The van der Waals surface area contributed by atoms with Gasteiger partial charge in [0.25, 0.3) is 5.91 Å². The molecule has 3 nitrogen and oxygen atoms in total. The van der Waals surface area contributed by atoms with Gasteiger partial charge in [-0.15, -0.1) is 0 Å². The number of aromatic nitrogens is 1. The SMILES string of the molecule is CCN(C(=O)c1cnc(C)cc1Cl)c1ccccc1F. The third-order valence-electron chi connectivity index (χ3n) is 2.93. The van der Waals surface area contributed by atoms with E-state index in [1.165, 1.54) is 17.2 Å². The number of hydrogen-bond acceptors (Lipinski definition) is 2. The fourth-order valence-corrected chi connectivity index (χ4v) is 2.21. The Morgan fingerprint density at radius 1 is 1.40 bits per heavy atom. The van der Waals surface area contributed by atoms with Crippen LogP contribution >= 0.6 is 11.6 Å². The summed E-state index contributed by atoms with van der Waals surface area (Å²) >= 11 is 6.07. The van der Waals surface area contributed by atoms with E-state index in [2.05, 4.69) is 4.98 Å². The second-order valence-electron chi connectivity index (χ2n) is 4.31. The number of pyridine rings is 1. The Morgan fingerprint density at radius 2 is 2.10 bits per heavy atom. The van der Waals surface area contributed by atoms with Crippen LogP contribution in [-0.2, 0) is 0 Å². The van der Waals surface area contributed by atoms with Gasteiger partial charge in [0, 0.05) is 18.4 Å². The van der Waals surface area contributed by atoms with E-state index in [-0.39, 0.29) is 17.2 Å². The highest BCUT2D eigenvalue weighted by molar-refractivity contribution is 6.34. The Balaban J connectivity index is 2.42. The molecule has 0 atom stereocenters. The highest BCUT2D eigenvalue weighted by Crippen LogP contribution is 2.23. The summed E-state index contributed by atoms with van der Waals surface area (Å²) in [5.74, 6) is -0.811. The summed E-state index contributed by atoms with van der Waals surface area (Å²) in [6.45, 7) is 3.90. The Hall–Kier alpha value is -1.94. The largest absolute Gasteiger partial charge is 0.306 e. The van der Waals surface area contributed by atoms with Crippen LogP contribution < -0.4 is 4.90 Å². The lowest BCUT2D eigenvalue weighted by Crippen LogP contribution is -2.31. The third kappa shape index (κ3) is 2.80. The molecule has 0 spiro atoms. The summed E-state index contributed by atoms with van der Waals surface area (Å²) in [5, 5.41) is 0.317. The number of aryl methyl sites for hydroxylation is 1. The smallest absolute Gasteiger partial charge is 0.261 e. The van der Waals surface area contributed by atoms with E-state index in [0.717, 1.165) is 5.69 Å². The molecule has 0 saturated carbocycles. The molecule has 2 aromatic rings. The summed E-state index contributed by atoms with van der Waals surface area (Å²) in [7, 11) is 0. The van der Waals surface area contributed by atoms with E-state index >= 15 is 0 Å². The van der Waals surface area contributed by atoms with Gasteiger partial charge < -0.3 is 4.90 Å². The highest BCUT2D eigenvalue weighted by Gasteiger charge is 2.21. The molecular formula is C15H14ClFN2O. The van der Waals surface area contributed by atoms with Crippen molar-refractivity contribution in [1.29, 1.82) is 0 Å². The van der Waals surface area contributed by atoms with Crippen LogP contribution in [0.15, 0.2) is 36.5 Å². The number of benzene rings is 1. The van der Waals surface area contributed by atoms with Crippen molar-refractivity contribution in [1.82, 2.24) is 4.98 Å². The van der Waals surface area contributed by atoms with Gasteiger partial charge in [0.15, 0.2) is 0 Å². The Kier molecular flexibility index (Phi) is 4.35. The van der Waals surface area contributed by atoms with Crippen LogP contribution in [0.4, 0.5) is 10.1 Å². The first kappa shape index (κ1) is 14.5. The molecule has 1 heterocycles. The van der Waals surface area contributed by atoms with Gasteiger partial charge in [-0.3, -0.25) is 9.78 Å². The fourth-order valence-electron chi connectivity index (χ4n) is 1.92. The molecule has 5 heteroatoms. The average Bonchev–Trinajstić information content (AvgIpc) is 2.41. The molecule has 0 bridgehead atoms. The van der Waals surface area contributed by atoms with E-state index < -0.39 is 5.82 Å². The normalized spacial score (nSPS) is 10.4. The summed E-state index contributed by atoms with van der Waals surface area (Å²) < 4.78 is 13.8. The van der Waals surface area contributed by atoms with E-state index in [1.807, 2.05) is 0 Å². The zero-order valence-electron chi connectivity index (χ0n) is 11.2. The number of amides is 1. The van der Waals surface area contributed by atoms with E-state index in [4.69, 9.17) is 11.6 Å². The molecule has 20 heavy (non-hydrogen) atoms. The van der Waals surface area contributed by atoms with E-state index in [0.29, 0.717) is 11.6 Å². The quantitative estimate of drug-likeness (QED) is 0.861. The van der Waals surface area contributed by atoms with Crippen molar-refractivity contribution in [2.75, 3.05) is 11.4 Å². The van der Waals surface area contributed by atoms with Crippen LogP contribution in [0.25, 0.3) is 0 Å².